The van der Waals surface area contributed by atoms with Crippen LogP contribution in [0.25, 0.3) is 0 Å². The maximum Gasteiger partial charge on any atom is 0.251 e. The summed E-state index contributed by atoms with van der Waals surface area (Å²) in [7, 11) is 0. The first-order chi connectivity index (χ1) is 11.9. The van der Waals surface area contributed by atoms with Crippen molar-refractivity contribution in [2.45, 2.75) is 32.1 Å². The Morgan fingerprint density at radius 1 is 1.12 bits per heavy atom. The lowest BCUT2D eigenvalue weighted by molar-refractivity contribution is 0.0703. The van der Waals surface area contributed by atoms with E-state index in [2.05, 4.69) is 5.32 Å². The number of hydrogen-bond donors (Lipinski definition) is 4. The molecule has 2 aromatic rings. The molecule has 0 aliphatic rings. The number of rotatable bonds is 7. The summed E-state index contributed by atoms with van der Waals surface area (Å²) in [5.74, 6) is 0.289. The zero-order valence-electron chi connectivity index (χ0n) is 14.3. The lowest BCUT2D eigenvalue weighted by Gasteiger charge is -2.23. The van der Waals surface area contributed by atoms with E-state index in [4.69, 9.17) is 10.5 Å². The van der Waals surface area contributed by atoms with Crippen molar-refractivity contribution in [2.24, 2.45) is 0 Å². The Morgan fingerprint density at radius 2 is 1.72 bits per heavy atom. The van der Waals surface area contributed by atoms with Gasteiger partial charge in [-0.2, -0.15) is 0 Å². The van der Waals surface area contributed by atoms with E-state index in [1.807, 2.05) is 13.8 Å². The first-order valence-electron chi connectivity index (χ1n) is 8.12. The average Bonchev–Trinajstić information content (AvgIpc) is 2.59. The van der Waals surface area contributed by atoms with Crippen LogP contribution in [0, 0.1) is 0 Å². The number of benzene rings is 2. The Bertz CT molecular complexity index is 684. The van der Waals surface area contributed by atoms with Gasteiger partial charge in [-0.05, 0) is 55.8 Å². The molecular weight excluding hydrogens is 320 g/mol. The molecule has 2 unspecified atom stereocenters. The van der Waals surface area contributed by atoms with Gasteiger partial charge in [0.2, 0.25) is 0 Å². The second kappa shape index (κ2) is 8.50. The molecule has 0 bridgehead atoms. The van der Waals surface area contributed by atoms with E-state index in [0.717, 1.165) is 0 Å². The van der Waals surface area contributed by atoms with Crippen LogP contribution < -0.4 is 15.8 Å². The molecule has 0 saturated carbocycles. The number of nitrogens with one attached hydrogen (secondary N) is 1. The second-order valence-electron chi connectivity index (χ2n) is 6.07. The van der Waals surface area contributed by atoms with Gasteiger partial charge in [0.05, 0.1) is 18.8 Å². The first-order valence-corrected chi connectivity index (χ1v) is 8.12. The van der Waals surface area contributed by atoms with Gasteiger partial charge in [0.15, 0.2) is 0 Å². The van der Waals surface area contributed by atoms with Crippen molar-refractivity contribution in [1.29, 1.82) is 0 Å². The van der Waals surface area contributed by atoms with Crippen molar-refractivity contribution in [1.82, 2.24) is 5.32 Å². The Labute approximate surface area is 147 Å². The van der Waals surface area contributed by atoms with E-state index < -0.39 is 18.8 Å². The SMILES string of the molecule is CC(C)Oc1ccc(C(=O)NC(CO)C(O)c2ccc(N)cc2)cc1. The topological polar surface area (TPSA) is 105 Å². The number of aliphatic hydroxyl groups excluding tert-OH is 2. The third-order valence-corrected chi connectivity index (χ3v) is 3.66. The van der Waals surface area contributed by atoms with E-state index in [1.54, 1.807) is 48.5 Å². The number of carbonyl (C=O) groups excluding carboxylic acids is 1. The number of ether oxygens (including phenoxy) is 1. The predicted molar refractivity (Wildman–Crippen MR) is 96.4 cm³/mol. The lowest BCUT2D eigenvalue weighted by atomic mass is 10.0. The highest BCUT2D eigenvalue weighted by atomic mass is 16.5. The van der Waals surface area contributed by atoms with Crippen molar-refractivity contribution in [3.05, 3.63) is 59.7 Å². The molecule has 0 saturated heterocycles. The van der Waals surface area contributed by atoms with E-state index in [9.17, 15) is 15.0 Å². The van der Waals surface area contributed by atoms with Crippen LogP contribution in [0.4, 0.5) is 5.69 Å². The second-order valence-corrected chi connectivity index (χ2v) is 6.07. The molecule has 0 heterocycles. The van der Waals surface area contributed by atoms with E-state index in [0.29, 0.717) is 22.6 Å². The average molecular weight is 344 g/mol. The minimum atomic E-state index is -1.04. The number of nitrogens with two attached hydrogens (primary N) is 1. The highest BCUT2D eigenvalue weighted by molar-refractivity contribution is 5.94. The van der Waals surface area contributed by atoms with Crippen LogP contribution in [-0.2, 0) is 0 Å². The Balaban J connectivity index is 2.04. The van der Waals surface area contributed by atoms with Crippen molar-refractivity contribution >= 4 is 11.6 Å². The summed E-state index contributed by atoms with van der Waals surface area (Å²) in [4.78, 5) is 12.3. The number of anilines is 1. The normalized spacial score (nSPS) is 13.3. The number of hydrogen-bond acceptors (Lipinski definition) is 5. The quantitative estimate of drug-likeness (QED) is 0.574. The Hall–Kier alpha value is -2.57. The zero-order chi connectivity index (χ0) is 18.4. The van der Waals surface area contributed by atoms with Crippen molar-refractivity contribution in [3.63, 3.8) is 0 Å². The summed E-state index contributed by atoms with van der Waals surface area (Å²) >= 11 is 0. The van der Waals surface area contributed by atoms with Gasteiger partial charge in [-0.1, -0.05) is 12.1 Å². The molecule has 0 spiro atoms. The summed E-state index contributed by atoms with van der Waals surface area (Å²) in [6.07, 6.45) is -0.994. The summed E-state index contributed by atoms with van der Waals surface area (Å²) in [6, 6.07) is 12.5. The Morgan fingerprint density at radius 3 is 2.24 bits per heavy atom. The van der Waals surface area contributed by atoms with Gasteiger partial charge < -0.3 is 26.0 Å². The first kappa shape index (κ1) is 18.8. The summed E-state index contributed by atoms with van der Waals surface area (Å²) in [6.45, 7) is 3.45. The monoisotopic (exact) mass is 344 g/mol. The fourth-order valence-electron chi connectivity index (χ4n) is 2.36. The predicted octanol–water partition coefficient (Wildman–Crippen LogP) is 1.88. The van der Waals surface area contributed by atoms with Gasteiger partial charge in [0, 0.05) is 11.3 Å². The molecular formula is C19H24N2O4. The van der Waals surface area contributed by atoms with Gasteiger partial charge in [-0.25, -0.2) is 0 Å². The molecule has 134 valence electrons. The third-order valence-electron chi connectivity index (χ3n) is 3.66. The van der Waals surface area contributed by atoms with Gasteiger partial charge >= 0.3 is 0 Å². The largest absolute Gasteiger partial charge is 0.491 e. The highest BCUT2D eigenvalue weighted by Gasteiger charge is 2.22. The number of carbonyl (C=O) groups is 1. The van der Waals surface area contributed by atoms with Gasteiger partial charge in [0.25, 0.3) is 5.91 Å². The van der Waals surface area contributed by atoms with Crippen LogP contribution in [0.1, 0.15) is 35.9 Å². The fraction of sp³-hybridized carbons (Fsp3) is 0.316. The highest BCUT2D eigenvalue weighted by Crippen LogP contribution is 2.19. The van der Waals surface area contributed by atoms with E-state index in [1.165, 1.54) is 0 Å². The zero-order valence-corrected chi connectivity index (χ0v) is 14.3. The molecule has 6 nitrogen and oxygen atoms in total. The Kier molecular flexibility index (Phi) is 6.38. The molecule has 1 amide bonds. The van der Waals surface area contributed by atoms with Gasteiger partial charge in [-0.15, -0.1) is 0 Å². The molecule has 6 heteroatoms. The molecule has 2 rings (SSSR count). The molecule has 5 N–H and O–H groups in total. The number of aliphatic hydroxyl groups is 2. The fourth-order valence-corrected chi connectivity index (χ4v) is 2.36. The van der Waals surface area contributed by atoms with E-state index >= 15 is 0 Å². The number of nitrogen functional groups attached to an aromatic ring is 1. The molecule has 0 aromatic heterocycles. The standard InChI is InChI=1S/C19H24N2O4/c1-12(2)25-16-9-5-14(6-10-16)19(24)21-17(11-22)18(23)13-3-7-15(20)8-4-13/h3-10,12,17-18,22-23H,11,20H2,1-2H3,(H,21,24). The van der Waals surface area contributed by atoms with Crippen LogP contribution in [0.2, 0.25) is 0 Å². The maximum atomic E-state index is 12.3. The molecule has 0 aliphatic carbocycles. The maximum absolute atomic E-state index is 12.3. The van der Waals surface area contributed by atoms with Crippen LogP contribution in [-0.4, -0.2) is 34.9 Å². The minimum absolute atomic E-state index is 0.0495. The number of amides is 1. The van der Waals surface area contributed by atoms with Crippen molar-refractivity contribution in [3.8, 4) is 5.75 Å². The molecule has 0 radical (unpaired) electrons. The minimum Gasteiger partial charge on any atom is -0.491 e. The summed E-state index contributed by atoms with van der Waals surface area (Å²) < 4.78 is 5.53. The van der Waals surface area contributed by atoms with Crippen LogP contribution in [0.15, 0.2) is 48.5 Å². The van der Waals surface area contributed by atoms with E-state index in [-0.39, 0.29) is 12.0 Å². The lowest BCUT2D eigenvalue weighted by Crippen LogP contribution is -2.41. The molecule has 0 aliphatic heterocycles. The van der Waals surface area contributed by atoms with Gasteiger partial charge in [0.1, 0.15) is 11.9 Å². The van der Waals surface area contributed by atoms with Gasteiger partial charge in [-0.3, -0.25) is 4.79 Å². The molecule has 0 fully saturated rings. The molecule has 2 atom stereocenters. The van der Waals surface area contributed by atoms with Crippen molar-refractivity contribution < 1.29 is 19.7 Å². The van der Waals surface area contributed by atoms with Crippen LogP contribution in [0.3, 0.4) is 0 Å². The molecule has 2 aromatic carbocycles. The third kappa shape index (κ3) is 5.20. The molecule has 25 heavy (non-hydrogen) atoms. The van der Waals surface area contributed by atoms with Crippen LogP contribution >= 0.6 is 0 Å². The summed E-state index contributed by atoms with van der Waals surface area (Å²) in [5.41, 5.74) is 7.18. The van der Waals surface area contributed by atoms with Crippen molar-refractivity contribution in [2.75, 3.05) is 12.3 Å². The smallest absolute Gasteiger partial charge is 0.251 e. The van der Waals surface area contributed by atoms with Crippen LogP contribution in [0.5, 0.6) is 5.75 Å². The summed E-state index contributed by atoms with van der Waals surface area (Å²) in [5, 5.41) is 22.6.